The number of nitrogens with zero attached hydrogens (tertiary/aromatic N) is 3. The molecule has 90 valence electrons. The largest absolute Gasteiger partial charge is 0.406 e. The Morgan fingerprint density at radius 2 is 2.00 bits per heavy atom. The maximum atomic E-state index is 11.2. The minimum absolute atomic E-state index is 0.126. The average molecular weight is 266 g/mol. The van der Waals surface area contributed by atoms with Crippen molar-refractivity contribution in [3.05, 3.63) is 5.89 Å². The van der Waals surface area contributed by atoms with Crippen LogP contribution in [0.25, 0.3) is 0 Å². The highest BCUT2D eigenvalue weighted by Crippen LogP contribution is 2.22. The summed E-state index contributed by atoms with van der Waals surface area (Å²) in [5.74, 6) is 0.604. The molecule has 1 saturated heterocycles. The molecule has 6 nitrogen and oxygen atoms in total. The van der Waals surface area contributed by atoms with Gasteiger partial charge in [0.15, 0.2) is 9.84 Å². The molecular weight excluding hydrogens is 254 g/mol. The maximum absolute atomic E-state index is 11.2. The highest BCUT2D eigenvalue weighted by molar-refractivity contribution is 7.91. The lowest BCUT2D eigenvalue weighted by Gasteiger charge is -2.24. The number of rotatable bonds is 2. The van der Waals surface area contributed by atoms with E-state index in [0.717, 1.165) is 0 Å². The van der Waals surface area contributed by atoms with E-state index in [2.05, 4.69) is 10.2 Å². The van der Waals surface area contributed by atoms with Gasteiger partial charge >= 0.3 is 6.01 Å². The molecule has 0 radical (unpaired) electrons. The minimum atomic E-state index is -2.89. The highest BCUT2D eigenvalue weighted by Gasteiger charge is 2.25. The molecule has 2 rings (SSSR count). The Labute approximate surface area is 98.5 Å². The Morgan fingerprint density at radius 3 is 2.50 bits per heavy atom. The van der Waals surface area contributed by atoms with Gasteiger partial charge in [-0.05, 0) is 6.92 Å². The van der Waals surface area contributed by atoms with Crippen molar-refractivity contribution < 1.29 is 12.8 Å². The molecule has 1 aliphatic heterocycles. The summed E-state index contributed by atoms with van der Waals surface area (Å²) in [5, 5.41) is 7.29. The van der Waals surface area contributed by atoms with E-state index in [4.69, 9.17) is 16.0 Å². The molecule has 1 unspecified atom stereocenters. The lowest BCUT2D eigenvalue weighted by molar-refractivity contribution is 0.484. The summed E-state index contributed by atoms with van der Waals surface area (Å²) in [5.41, 5.74) is 0. The van der Waals surface area contributed by atoms with Gasteiger partial charge in [0, 0.05) is 13.1 Å². The van der Waals surface area contributed by atoms with Crippen LogP contribution in [-0.4, -0.2) is 43.2 Å². The van der Waals surface area contributed by atoms with E-state index in [1.807, 2.05) is 0 Å². The van der Waals surface area contributed by atoms with Crippen molar-refractivity contribution in [2.45, 2.75) is 12.3 Å². The second-order valence-electron chi connectivity index (χ2n) is 3.68. The van der Waals surface area contributed by atoms with E-state index < -0.39 is 9.84 Å². The Morgan fingerprint density at radius 1 is 1.38 bits per heavy atom. The zero-order valence-electron chi connectivity index (χ0n) is 8.76. The molecule has 0 bridgehead atoms. The van der Waals surface area contributed by atoms with Crippen LogP contribution in [0.4, 0.5) is 6.01 Å². The van der Waals surface area contributed by atoms with Gasteiger partial charge in [0.25, 0.3) is 0 Å². The molecule has 1 aromatic rings. The highest BCUT2D eigenvalue weighted by atomic mass is 35.5. The van der Waals surface area contributed by atoms with E-state index in [1.54, 1.807) is 11.8 Å². The molecule has 1 atom stereocenters. The molecular formula is C8H12ClN3O3S. The van der Waals surface area contributed by atoms with Crippen molar-refractivity contribution in [2.24, 2.45) is 0 Å². The van der Waals surface area contributed by atoms with Crippen molar-refractivity contribution in [3.63, 3.8) is 0 Å². The zero-order valence-corrected chi connectivity index (χ0v) is 10.3. The van der Waals surface area contributed by atoms with Crippen LogP contribution >= 0.6 is 11.6 Å². The van der Waals surface area contributed by atoms with Gasteiger partial charge in [-0.3, -0.25) is 0 Å². The molecule has 1 fully saturated rings. The van der Waals surface area contributed by atoms with Crippen LogP contribution in [0.5, 0.6) is 0 Å². The molecule has 0 aliphatic carbocycles. The molecule has 8 heteroatoms. The third-order valence-electron chi connectivity index (χ3n) is 2.39. The predicted octanol–water partition coefficient (Wildman–Crippen LogP) is 0.604. The summed E-state index contributed by atoms with van der Waals surface area (Å²) in [6.45, 7) is 2.51. The molecule has 0 N–H and O–H groups in total. The first-order chi connectivity index (χ1) is 7.48. The van der Waals surface area contributed by atoms with E-state index in [9.17, 15) is 8.42 Å². The molecule has 1 aliphatic rings. The Kier molecular flexibility index (Phi) is 3.07. The average Bonchev–Trinajstić information content (AvgIpc) is 2.66. The van der Waals surface area contributed by atoms with Crippen LogP contribution in [0, 0.1) is 0 Å². The summed E-state index contributed by atoms with van der Waals surface area (Å²) in [7, 11) is -2.89. The summed E-state index contributed by atoms with van der Waals surface area (Å²) in [6, 6.07) is 0.345. The smallest absolute Gasteiger partial charge is 0.318 e. The summed E-state index contributed by atoms with van der Waals surface area (Å²) in [6.07, 6.45) is 0. The van der Waals surface area contributed by atoms with E-state index >= 15 is 0 Å². The first-order valence-electron chi connectivity index (χ1n) is 4.91. The number of sulfone groups is 1. The zero-order chi connectivity index (χ0) is 11.8. The molecule has 0 spiro atoms. The Hall–Kier alpha value is -0.820. The van der Waals surface area contributed by atoms with Crippen LogP contribution in [-0.2, 0) is 9.84 Å². The van der Waals surface area contributed by atoms with Crippen molar-refractivity contribution in [3.8, 4) is 0 Å². The summed E-state index contributed by atoms with van der Waals surface area (Å²) < 4.78 is 27.8. The standard InChI is InChI=1S/C8H12ClN3O3S/c1-6(9)7-10-11-8(15-7)12-2-4-16(13,14)5-3-12/h6H,2-5H2,1H3. The van der Waals surface area contributed by atoms with Gasteiger partial charge in [0.05, 0.1) is 11.5 Å². The molecule has 0 saturated carbocycles. The Balaban J connectivity index is 2.08. The summed E-state index contributed by atoms with van der Waals surface area (Å²) in [4.78, 5) is 1.76. The molecule has 16 heavy (non-hydrogen) atoms. The van der Waals surface area contributed by atoms with Crippen molar-refractivity contribution in [1.29, 1.82) is 0 Å². The monoisotopic (exact) mass is 265 g/mol. The number of halogens is 1. The van der Waals surface area contributed by atoms with Crippen LogP contribution in [0.2, 0.25) is 0 Å². The van der Waals surface area contributed by atoms with E-state index in [-0.39, 0.29) is 16.9 Å². The molecule has 0 aromatic carbocycles. The quantitative estimate of drug-likeness (QED) is 0.729. The van der Waals surface area contributed by atoms with Crippen LogP contribution < -0.4 is 4.90 Å². The Bertz CT molecular complexity index is 457. The minimum Gasteiger partial charge on any atom is -0.406 e. The summed E-state index contributed by atoms with van der Waals surface area (Å²) >= 11 is 5.79. The van der Waals surface area contributed by atoms with Gasteiger partial charge in [-0.1, -0.05) is 5.10 Å². The van der Waals surface area contributed by atoms with Gasteiger partial charge in [0.1, 0.15) is 5.38 Å². The first kappa shape index (κ1) is 11.7. The number of hydrogen-bond acceptors (Lipinski definition) is 6. The lowest BCUT2D eigenvalue weighted by Crippen LogP contribution is -2.40. The van der Waals surface area contributed by atoms with Gasteiger partial charge < -0.3 is 9.32 Å². The van der Waals surface area contributed by atoms with Crippen molar-refractivity contribution in [1.82, 2.24) is 10.2 Å². The fourth-order valence-electron chi connectivity index (χ4n) is 1.42. The third-order valence-corrected chi connectivity index (χ3v) is 4.18. The second kappa shape index (κ2) is 4.21. The normalized spacial score (nSPS) is 22.0. The fraction of sp³-hybridized carbons (Fsp3) is 0.750. The number of hydrogen-bond donors (Lipinski definition) is 0. The number of anilines is 1. The fourth-order valence-corrected chi connectivity index (χ4v) is 2.71. The van der Waals surface area contributed by atoms with Crippen LogP contribution in [0.1, 0.15) is 18.2 Å². The molecule has 2 heterocycles. The number of aromatic nitrogens is 2. The van der Waals surface area contributed by atoms with Crippen LogP contribution in [0.3, 0.4) is 0 Å². The van der Waals surface area contributed by atoms with Gasteiger partial charge in [-0.15, -0.1) is 16.7 Å². The molecule has 0 amide bonds. The first-order valence-corrected chi connectivity index (χ1v) is 7.16. The van der Waals surface area contributed by atoms with Gasteiger partial charge in [0.2, 0.25) is 5.89 Å². The van der Waals surface area contributed by atoms with Crippen molar-refractivity contribution >= 4 is 27.5 Å². The number of alkyl halides is 1. The van der Waals surface area contributed by atoms with E-state index in [1.165, 1.54) is 0 Å². The van der Waals surface area contributed by atoms with Gasteiger partial charge in [-0.25, -0.2) is 8.42 Å². The third kappa shape index (κ3) is 2.46. The van der Waals surface area contributed by atoms with Gasteiger partial charge in [-0.2, -0.15) is 0 Å². The van der Waals surface area contributed by atoms with Crippen LogP contribution in [0.15, 0.2) is 4.42 Å². The topological polar surface area (TPSA) is 76.3 Å². The lowest BCUT2D eigenvalue weighted by atomic mass is 10.5. The predicted molar refractivity (Wildman–Crippen MR) is 59.4 cm³/mol. The second-order valence-corrected chi connectivity index (χ2v) is 6.64. The maximum Gasteiger partial charge on any atom is 0.318 e. The SMILES string of the molecule is CC(Cl)c1nnc(N2CCS(=O)(=O)CC2)o1. The van der Waals surface area contributed by atoms with Crippen molar-refractivity contribution in [2.75, 3.05) is 29.5 Å². The molecule has 1 aromatic heterocycles. The van der Waals surface area contributed by atoms with E-state index in [0.29, 0.717) is 25.0 Å².